The zero-order chi connectivity index (χ0) is 18.2. The van der Waals surface area contributed by atoms with Gasteiger partial charge in [0.1, 0.15) is 17.0 Å². The largest absolute Gasteiger partial charge is 0.340 e. The summed E-state index contributed by atoms with van der Waals surface area (Å²) in [5.41, 5.74) is 5.36. The van der Waals surface area contributed by atoms with Crippen molar-refractivity contribution in [3.63, 3.8) is 0 Å². The number of nitrogens with zero attached hydrogens (tertiary/aromatic N) is 4. The number of thiazole rings is 1. The fraction of sp³-hybridized carbons (Fsp3) is 0.250. The molecule has 3 aromatic heterocycles. The fourth-order valence-electron chi connectivity index (χ4n) is 3.41. The van der Waals surface area contributed by atoms with Crippen molar-refractivity contribution in [1.29, 1.82) is 0 Å². The Bertz CT molecular complexity index is 1140. The molecule has 4 aromatic rings. The minimum Gasteiger partial charge on any atom is -0.340 e. The minimum atomic E-state index is 0.859. The van der Waals surface area contributed by atoms with Crippen molar-refractivity contribution >= 4 is 60.2 Å². The van der Waals surface area contributed by atoms with Crippen LogP contribution >= 0.6 is 22.7 Å². The topological polar surface area (TPSA) is 53.9 Å². The van der Waals surface area contributed by atoms with Crippen LogP contribution in [-0.4, -0.2) is 39.5 Å². The summed E-state index contributed by atoms with van der Waals surface area (Å²) in [6.45, 7) is 5.49. The quantitative estimate of drug-likeness (QED) is 0.519. The molecule has 27 heavy (non-hydrogen) atoms. The van der Waals surface area contributed by atoms with Crippen LogP contribution in [0.25, 0.3) is 26.0 Å². The fourth-order valence-corrected chi connectivity index (χ4v) is 5.19. The predicted octanol–water partition coefficient (Wildman–Crippen LogP) is 5.15. The Morgan fingerprint density at radius 3 is 3.00 bits per heavy atom. The predicted molar refractivity (Wildman–Crippen MR) is 115 cm³/mol. The molecule has 5 nitrogen and oxygen atoms in total. The molecule has 0 unspecified atom stereocenters. The van der Waals surface area contributed by atoms with Crippen molar-refractivity contribution in [3.05, 3.63) is 47.1 Å². The number of likely N-dealkylation sites (N-methyl/N-ethyl adjacent to an activating group) is 1. The SMILES string of the molecule is CCN1CC=C(c2cc3c(Nc4ccc5ncsc5c4)ncnc3s2)CC1. The van der Waals surface area contributed by atoms with Gasteiger partial charge in [0.05, 0.1) is 21.1 Å². The molecule has 0 saturated carbocycles. The third-order valence-electron chi connectivity index (χ3n) is 4.98. The number of aromatic nitrogens is 3. The van der Waals surface area contributed by atoms with Crippen molar-refractivity contribution in [3.8, 4) is 0 Å². The maximum absolute atomic E-state index is 4.50. The highest BCUT2D eigenvalue weighted by Crippen LogP contribution is 2.36. The van der Waals surface area contributed by atoms with E-state index in [0.717, 1.165) is 53.3 Å². The number of anilines is 2. The van der Waals surface area contributed by atoms with Crippen molar-refractivity contribution in [2.45, 2.75) is 13.3 Å². The summed E-state index contributed by atoms with van der Waals surface area (Å²) in [7, 11) is 0. The molecule has 0 atom stereocenters. The van der Waals surface area contributed by atoms with Crippen molar-refractivity contribution in [2.75, 3.05) is 25.0 Å². The van der Waals surface area contributed by atoms with Gasteiger partial charge in [0.2, 0.25) is 0 Å². The molecule has 0 radical (unpaired) electrons. The van der Waals surface area contributed by atoms with E-state index >= 15 is 0 Å². The van der Waals surface area contributed by atoms with E-state index < -0.39 is 0 Å². The summed E-state index contributed by atoms with van der Waals surface area (Å²) in [5, 5.41) is 4.55. The lowest BCUT2D eigenvalue weighted by Crippen LogP contribution is -2.27. The van der Waals surface area contributed by atoms with E-state index in [1.807, 2.05) is 17.6 Å². The minimum absolute atomic E-state index is 0.859. The van der Waals surface area contributed by atoms with E-state index in [9.17, 15) is 0 Å². The maximum Gasteiger partial charge on any atom is 0.142 e. The van der Waals surface area contributed by atoms with E-state index in [1.54, 1.807) is 29.0 Å². The molecule has 0 bridgehead atoms. The Hall–Kier alpha value is -2.35. The number of thiophene rings is 1. The standard InChI is InChI=1S/C20H19N5S2/c1-2-25-7-5-13(6-8-25)17-10-15-19(21-11-22-20(15)27-17)24-14-3-4-16-18(9-14)26-12-23-16/h3-5,9-12H,2,6-8H2,1H3,(H,21,22,24). The van der Waals surface area contributed by atoms with Crippen molar-refractivity contribution in [1.82, 2.24) is 19.9 Å². The van der Waals surface area contributed by atoms with Gasteiger partial charge >= 0.3 is 0 Å². The maximum atomic E-state index is 4.50. The molecular formula is C20H19N5S2. The van der Waals surface area contributed by atoms with Crippen molar-refractivity contribution in [2.24, 2.45) is 0 Å². The zero-order valence-electron chi connectivity index (χ0n) is 15.0. The third kappa shape index (κ3) is 3.22. The summed E-state index contributed by atoms with van der Waals surface area (Å²) in [4.78, 5) is 18.1. The average Bonchev–Trinajstić information content (AvgIpc) is 3.35. The number of nitrogens with one attached hydrogen (secondary N) is 1. The second kappa shape index (κ2) is 6.99. The summed E-state index contributed by atoms with van der Waals surface area (Å²) in [5.74, 6) is 0.859. The summed E-state index contributed by atoms with van der Waals surface area (Å²) < 4.78 is 1.17. The third-order valence-corrected chi connectivity index (χ3v) is 6.89. The van der Waals surface area contributed by atoms with Crippen LogP contribution < -0.4 is 5.32 Å². The number of hydrogen-bond donors (Lipinski definition) is 1. The van der Waals surface area contributed by atoms with Gasteiger partial charge in [-0.3, -0.25) is 4.90 Å². The molecular weight excluding hydrogens is 374 g/mol. The van der Waals surface area contributed by atoms with Gasteiger partial charge in [-0.25, -0.2) is 15.0 Å². The van der Waals surface area contributed by atoms with Gasteiger partial charge < -0.3 is 5.32 Å². The lowest BCUT2D eigenvalue weighted by atomic mass is 10.1. The van der Waals surface area contributed by atoms with Crippen LogP contribution in [0.5, 0.6) is 0 Å². The molecule has 0 amide bonds. The molecule has 1 aliphatic heterocycles. The summed E-state index contributed by atoms with van der Waals surface area (Å²) in [6.07, 6.45) is 5.10. The molecule has 0 fully saturated rings. The summed E-state index contributed by atoms with van der Waals surface area (Å²) >= 11 is 3.40. The molecule has 5 rings (SSSR count). The van der Waals surface area contributed by atoms with Crippen molar-refractivity contribution < 1.29 is 0 Å². The Labute approximate surface area is 165 Å². The van der Waals surface area contributed by atoms with Gasteiger partial charge in [0, 0.05) is 23.7 Å². The van der Waals surface area contributed by atoms with Crippen LogP contribution in [0, 0.1) is 0 Å². The second-order valence-corrected chi connectivity index (χ2v) is 8.50. The first-order valence-corrected chi connectivity index (χ1v) is 10.8. The molecule has 7 heteroatoms. The highest BCUT2D eigenvalue weighted by Gasteiger charge is 2.16. The smallest absolute Gasteiger partial charge is 0.142 e. The lowest BCUT2D eigenvalue weighted by Gasteiger charge is -2.24. The van der Waals surface area contributed by atoms with Gasteiger partial charge in [-0.1, -0.05) is 13.0 Å². The van der Waals surface area contributed by atoms with Crippen LogP contribution in [0.2, 0.25) is 0 Å². The number of benzene rings is 1. The zero-order valence-corrected chi connectivity index (χ0v) is 16.6. The molecule has 136 valence electrons. The Balaban J connectivity index is 1.48. The molecule has 1 N–H and O–H groups in total. The first-order valence-electron chi connectivity index (χ1n) is 9.07. The van der Waals surface area contributed by atoms with Gasteiger partial charge in [-0.15, -0.1) is 22.7 Å². The van der Waals surface area contributed by atoms with E-state index in [-0.39, 0.29) is 0 Å². The Kier molecular flexibility index (Phi) is 4.35. The van der Waals surface area contributed by atoms with Crippen LogP contribution in [-0.2, 0) is 0 Å². The highest BCUT2D eigenvalue weighted by molar-refractivity contribution is 7.19. The number of fused-ring (bicyclic) bond motifs is 2. The van der Waals surface area contributed by atoms with E-state index in [1.165, 1.54) is 15.2 Å². The van der Waals surface area contributed by atoms with Gasteiger partial charge in [0.25, 0.3) is 0 Å². The lowest BCUT2D eigenvalue weighted by molar-refractivity contribution is 0.319. The highest BCUT2D eigenvalue weighted by atomic mass is 32.1. The van der Waals surface area contributed by atoms with E-state index in [2.05, 4.69) is 50.3 Å². The van der Waals surface area contributed by atoms with Crippen LogP contribution in [0.3, 0.4) is 0 Å². The molecule has 1 aliphatic rings. The van der Waals surface area contributed by atoms with Gasteiger partial charge in [0.15, 0.2) is 0 Å². The van der Waals surface area contributed by atoms with E-state index in [4.69, 9.17) is 0 Å². The number of rotatable bonds is 4. The first-order chi connectivity index (χ1) is 13.3. The summed E-state index contributed by atoms with van der Waals surface area (Å²) in [6, 6.07) is 8.45. The monoisotopic (exact) mass is 393 g/mol. The van der Waals surface area contributed by atoms with E-state index in [0.29, 0.717) is 0 Å². The molecule has 1 aromatic carbocycles. The Morgan fingerprint density at radius 1 is 1.19 bits per heavy atom. The molecule has 0 aliphatic carbocycles. The van der Waals surface area contributed by atoms with Crippen LogP contribution in [0.1, 0.15) is 18.2 Å². The van der Waals surface area contributed by atoms with Gasteiger partial charge in [-0.05, 0) is 42.8 Å². The van der Waals surface area contributed by atoms with Crippen LogP contribution in [0.15, 0.2) is 42.2 Å². The molecule has 0 saturated heterocycles. The first kappa shape index (κ1) is 16.8. The normalized spacial score (nSPS) is 15.4. The number of hydrogen-bond acceptors (Lipinski definition) is 7. The van der Waals surface area contributed by atoms with Gasteiger partial charge in [-0.2, -0.15) is 0 Å². The average molecular weight is 394 g/mol. The van der Waals surface area contributed by atoms with Crippen LogP contribution in [0.4, 0.5) is 11.5 Å². The second-order valence-electron chi connectivity index (χ2n) is 6.58. The molecule has 0 spiro atoms. The Morgan fingerprint density at radius 2 is 2.15 bits per heavy atom. The molecule has 4 heterocycles.